The molecule has 2 aliphatic heterocycles. The molecule has 0 bridgehead atoms. The molecule has 29 heavy (non-hydrogen) atoms. The molecular weight excluding hydrogens is 419 g/mol. The van der Waals surface area contributed by atoms with E-state index in [0.29, 0.717) is 0 Å². The van der Waals surface area contributed by atoms with Gasteiger partial charge in [0.1, 0.15) is 23.8 Å². The first-order valence-electron chi connectivity index (χ1n) is 8.12. The number of halogens is 3. The minimum absolute atomic E-state index is 0.458. The van der Waals surface area contributed by atoms with Crippen LogP contribution in [0.1, 0.15) is 20.8 Å². The Morgan fingerprint density at radius 3 is 2.10 bits per heavy atom. The quantitative estimate of drug-likeness (QED) is 0.393. The highest BCUT2D eigenvalue weighted by atomic mass is 32.2. The topological polar surface area (TPSA) is 80.6 Å². The fourth-order valence-corrected chi connectivity index (χ4v) is 4.77. The normalized spacial score (nSPS) is 22.2. The van der Waals surface area contributed by atoms with Crippen LogP contribution >= 0.6 is 23.5 Å². The van der Waals surface area contributed by atoms with Gasteiger partial charge in [-0.2, -0.15) is 29.0 Å². The van der Waals surface area contributed by atoms with Gasteiger partial charge in [0.05, 0.1) is 0 Å². The Labute approximate surface area is 175 Å². The number of ether oxygens (including phenoxy) is 1. The van der Waals surface area contributed by atoms with Gasteiger partial charge in [0.15, 0.2) is 11.3 Å². The molecule has 1 unspecified atom stereocenters. The Balaban J connectivity index is 2.41. The van der Waals surface area contributed by atoms with Gasteiger partial charge in [-0.15, -0.1) is 0 Å². The van der Waals surface area contributed by atoms with Crippen molar-refractivity contribution in [3.05, 3.63) is 66.9 Å². The van der Waals surface area contributed by atoms with E-state index in [-0.39, 0.29) is 0 Å². The van der Waals surface area contributed by atoms with Crippen molar-refractivity contribution >= 4 is 23.5 Å². The van der Waals surface area contributed by atoms with Crippen LogP contribution in [0.4, 0.5) is 13.2 Å². The van der Waals surface area contributed by atoms with Gasteiger partial charge in [0.25, 0.3) is 0 Å². The van der Waals surface area contributed by atoms with Gasteiger partial charge in [0, 0.05) is 9.81 Å². The van der Waals surface area contributed by atoms with E-state index in [2.05, 4.69) is 0 Å². The van der Waals surface area contributed by atoms with Crippen LogP contribution in [0, 0.1) is 34.0 Å². The summed E-state index contributed by atoms with van der Waals surface area (Å²) in [5.74, 6) is -0.654. The summed E-state index contributed by atoms with van der Waals surface area (Å²) in [6.07, 6.45) is 2.66. The number of nitrogens with zero attached hydrogens (tertiary/aromatic N) is 3. The molecule has 0 N–H and O–H groups in total. The van der Waals surface area contributed by atoms with E-state index in [0.717, 1.165) is 17.2 Å². The summed E-state index contributed by atoms with van der Waals surface area (Å²) in [7, 11) is 0. The predicted molar refractivity (Wildman–Crippen MR) is 106 cm³/mol. The summed E-state index contributed by atoms with van der Waals surface area (Å²) in [6.45, 7) is 4.78. The molecule has 4 nitrogen and oxygen atoms in total. The first kappa shape index (κ1) is 22.5. The fraction of sp³-hybridized carbons (Fsp3) is 0.250. The zero-order valence-corrected chi connectivity index (χ0v) is 17.2. The second-order valence-electron chi connectivity index (χ2n) is 6.01. The van der Waals surface area contributed by atoms with Crippen LogP contribution in [0.25, 0.3) is 0 Å². The van der Waals surface area contributed by atoms with E-state index < -0.39 is 34.3 Å². The SMILES string of the molecule is CC1=C(C)SC(=C/C=C/C=C/C2=C(C#N)C(=C(C#N)C#N)OC2(C)C(F)(F)F)S1. The highest BCUT2D eigenvalue weighted by molar-refractivity contribution is 8.28. The predicted octanol–water partition coefficient (Wildman–Crippen LogP) is 6.14. The maximum absolute atomic E-state index is 13.7. The number of hydrogen-bond acceptors (Lipinski definition) is 6. The molecule has 0 saturated carbocycles. The minimum atomic E-state index is -4.86. The lowest BCUT2D eigenvalue weighted by atomic mass is 9.92. The van der Waals surface area contributed by atoms with E-state index in [9.17, 15) is 18.4 Å². The first-order chi connectivity index (χ1) is 13.6. The molecular formula is C20H14F3N3OS2. The van der Waals surface area contributed by atoms with Crippen LogP contribution in [0.5, 0.6) is 0 Å². The fourth-order valence-electron chi connectivity index (χ4n) is 2.42. The number of nitriles is 3. The Morgan fingerprint density at radius 2 is 1.62 bits per heavy atom. The van der Waals surface area contributed by atoms with Gasteiger partial charge < -0.3 is 4.74 Å². The van der Waals surface area contributed by atoms with Crippen LogP contribution in [-0.4, -0.2) is 11.8 Å². The lowest BCUT2D eigenvalue weighted by Crippen LogP contribution is -2.43. The number of alkyl halides is 3. The number of allylic oxidation sites excluding steroid dienone is 8. The molecule has 148 valence electrons. The van der Waals surface area contributed by atoms with Gasteiger partial charge >= 0.3 is 6.18 Å². The van der Waals surface area contributed by atoms with Crippen molar-refractivity contribution < 1.29 is 17.9 Å². The molecule has 0 spiro atoms. The number of thioether (sulfide) groups is 2. The summed E-state index contributed by atoms with van der Waals surface area (Å²) in [4.78, 5) is 2.39. The minimum Gasteiger partial charge on any atom is -0.470 e. The molecule has 2 heterocycles. The molecule has 0 aromatic heterocycles. The summed E-state index contributed by atoms with van der Waals surface area (Å²) in [6, 6.07) is 4.57. The first-order valence-corrected chi connectivity index (χ1v) is 9.76. The molecule has 2 rings (SSSR count). The number of hydrogen-bond donors (Lipinski definition) is 0. The zero-order valence-electron chi connectivity index (χ0n) is 15.6. The Hall–Kier alpha value is -2.80. The molecule has 0 amide bonds. The van der Waals surface area contributed by atoms with Gasteiger partial charge in [-0.05, 0) is 36.7 Å². The molecule has 0 fully saturated rings. The van der Waals surface area contributed by atoms with Crippen molar-refractivity contribution in [3.8, 4) is 18.2 Å². The van der Waals surface area contributed by atoms with Gasteiger partial charge in [-0.1, -0.05) is 47.8 Å². The molecule has 1 atom stereocenters. The summed E-state index contributed by atoms with van der Waals surface area (Å²) >= 11 is 3.22. The van der Waals surface area contributed by atoms with E-state index in [1.165, 1.54) is 34.1 Å². The maximum Gasteiger partial charge on any atom is 0.432 e. The summed E-state index contributed by atoms with van der Waals surface area (Å²) in [5, 5.41) is 27.3. The molecule has 0 aromatic rings. The van der Waals surface area contributed by atoms with Crippen molar-refractivity contribution in [2.24, 2.45) is 0 Å². The van der Waals surface area contributed by atoms with Crippen molar-refractivity contribution in [2.75, 3.05) is 0 Å². The number of rotatable bonds is 3. The van der Waals surface area contributed by atoms with Crippen LogP contribution in [-0.2, 0) is 4.74 Å². The molecule has 2 aliphatic rings. The van der Waals surface area contributed by atoms with Crippen LogP contribution in [0.2, 0.25) is 0 Å². The highest BCUT2D eigenvalue weighted by Crippen LogP contribution is 2.50. The Morgan fingerprint density at radius 1 is 1.03 bits per heavy atom. The molecule has 0 saturated heterocycles. The third-order valence-electron chi connectivity index (χ3n) is 4.14. The Kier molecular flexibility index (Phi) is 6.74. The van der Waals surface area contributed by atoms with E-state index in [4.69, 9.17) is 15.3 Å². The van der Waals surface area contributed by atoms with Gasteiger partial charge in [0.2, 0.25) is 5.60 Å². The molecule has 9 heteroatoms. The summed E-state index contributed by atoms with van der Waals surface area (Å²) < 4.78 is 47.0. The van der Waals surface area contributed by atoms with Crippen molar-refractivity contribution in [2.45, 2.75) is 32.5 Å². The molecule has 0 aliphatic carbocycles. The standard InChI is InChI=1S/C20H14F3N3OS2/c1-12-13(2)29-17(28-12)8-6-4-5-7-16-15(11-26)18(14(9-24)10-25)27-19(16,3)20(21,22)23/h4-8H,1-3H3/b6-4+,7-5+. The molecule has 0 radical (unpaired) electrons. The van der Waals surface area contributed by atoms with Crippen LogP contribution < -0.4 is 0 Å². The second-order valence-corrected chi connectivity index (χ2v) is 8.78. The van der Waals surface area contributed by atoms with Crippen molar-refractivity contribution in [1.29, 1.82) is 15.8 Å². The molecule has 0 aromatic carbocycles. The smallest absolute Gasteiger partial charge is 0.432 e. The van der Waals surface area contributed by atoms with Crippen molar-refractivity contribution in [1.82, 2.24) is 0 Å². The van der Waals surface area contributed by atoms with Gasteiger partial charge in [-0.3, -0.25) is 0 Å². The van der Waals surface area contributed by atoms with Crippen LogP contribution in [0.3, 0.4) is 0 Å². The van der Waals surface area contributed by atoms with E-state index in [1.54, 1.807) is 35.7 Å². The van der Waals surface area contributed by atoms with E-state index in [1.807, 2.05) is 19.9 Å². The lowest BCUT2D eigenvalue weighted by molar-refractivity contribution is -0.236. The second kappa shape index (κ2) is 8.69. The van der Waals surface area contributed by atoms with Gasteiger partial charge in [-0.25, -0.2) is 0 Å². The largest absolute Gasteiger partial charge is 0.470 e. The monoisotopic (exact) mass is 433 g/mol. The Bertz CT molecular complexity index is 1010. The third kappa shape index (κ3) is 4.45. The van der Waals surface area contributed by atoms with E-state index >= 15 is 0 Å². The average Bonchev–Trinajstić information content (AvgIpc) is 3.12. The zero-order chi connectivity index (χ0) is 21.8. The third-order valence-corrected chi connectivity index (χ3v) is 6.67. The lowest BCUT2D eigenvalue weighted by Gasteiger charge is -2.28. The van der Waals surface area contributed by atoms with Crippen molar-refractivity contribution in [3.63, 3.8) is 0 Å². The highest BCUT2D eigenvalue weighted by Gasteiger charge is 2.60. The average molecular weight is 433 g/mol. The summed E-state index contributed by atoms with van der Waals surface area (Å²) in [5.41, 5.74) is -4.47. The maximum atomic E-state index is 13.7. The van der Waals surface area contributed by atoms with Crippen LogP contribution in [0.15, 0.2) is 66.9 Å².